The predicted molar refractivity (Wildman–Crippen MR) is 91.1 cm³/mol. The van der Waals surface area contributed by atoms with E-state index in [1.807, 2.05) is 6.08 Å². The van der Waals surface area contributed by atoms with Gasteiger partial charge in [-0.05, 0) is 12.8 Å². The van der Waals surface area contributed by atoms with Crippen molar-refractivity contribution in [1.82, 2.24) is 0 Å². The lowest BCUT2D eigenvalue weighted by molar-refractivity contribution is -0.134. The summed E-state index contributed by atoms with van der Waals surface area (Å²) in [5.41, 5.74) is 0. The minimum Gasteiger partial charge on any atom is -0.478 e. The number of carboxylic acid groups (broad SMARTS) is 2. The molecule has 4 heteroatoms. The van der Waals surface area contributed by atoms with E-state index in [2.05, 4.69) is 13.5 Å². The smallest absolute Gasteiger partial charge is 0.328 e. The van der Waals surface area contributed by atoms with Crippen LogP contribution in [0.15, 0.2) is 24.8 Å². The molecule has 0 aromatic carbocycles. The molecule has 0 rings (SSSR count). The van der Waals surface area contributed by atoms with E-state index in [1.54, 1.807) is 0 Å². The first kappa shape index (κ1) is 22.7. The molecule has 0 fully saturated rings. The van der Waals surface area contributed by atoms with Gasteiger partial charge >= 0.3 is 11.9 Å². The maximum atomic E-state index is 9.55. The summed E-state index contributed by atoms with van der Waals surface area (Å²) in [5.74, 6) is -2.51. The number of aliphatic carboxylic acids is 2. The van der Waals surface area contributed by atoms with Crippen LogP contribution in [0, 0.1) is 0 Å². The molecule has 0 spiro atoms. The topological polar surface area (TPSA) is 74.6 Å². The lowest BCUT2D eigenvalue weighted by Gasteiger charge is -2.00. The van der Waals surface area contributed by atoms with Crippen LogP contribution in [0.4, 0.5) is 0 Å². The van der Waals surface area contributed by atoms with Crippen LogP contribution in [0.3, 0.4) is 0 Å². The van der Waals surface area contributed by atoms with E-state index in [0.29, 0.717) is 12.2 Å². The van der Waals surface area contributed by atoms with Gasteiger partial charge in [0.25, 0.3) is 0 Å². The van der Waals surface area contributed by atoms with Crippen molar-refractivity contribution in [2.24, 2.45) is 0 Å². The molecule has 0 unspecified atom stereocenters. The van der Waals surface area contributed by atoms with Crippen molar-refractivity contribution in [2.75, 3.05) is 0 Å². The Balaban J connectivity index is 0. The molecule has 22 heavy (non-hydrogen) atoms. The summed E-state index contributed by atoms with van der Waals surface area (Å²) in [5, 5.41) is 15.6. The van der Waals surface area contributed by atoms with E-state index < -0.39 is 11.9 Å². The fraction of sp³-hybridized carbons (Fsp3) is 0.667. The Morgan fingerprint density at radius 2 is 1.14 bits per heavy atom. The van der Waals surface area contributed by atoms with E-state index in [0.717, 1.165) is 0 Å². The Morgan fingerprint density at radius 1 is 0.773 bits per heavy atom. The number of hydrogen-bond donors (Lipinski definition) is 2. The molecule has 0 saturated heterocycles. The van der Waals surface area contributed by atoms with Crippen molar-refractivity contribution in [3.05, 3.63) is 24.8 Å². The van der Waals surface area contributed by atoms with Crippen LogP contribution in [-0.2, 0) is 9.59 Å². The zero-order valence-electron chi connectivity index (χ0n) is 13.9. The van der Waals surface area contributed by atoms with Gasteiger partial charge in [-0.3, -0.25) is 0 Å². The second-order valence-electron chi connectivity index (χ2n) is 5.27. The number of carboxylic acids is 2. The van der Waals surface area contributed by atoms with Gasteiger partial charge < -0.3 is 10.2 Å². The predicted octanol–water partition coefficient (Wildman–Crippen LogP) is 5.20. The summed E-state index contributed by atoms with van der Waals surface area (Å²) >= 11 is 0. The summed E-state index contributed by atoms with van der Waals surface area (Å²) in [4.78, 5) is 19.1. The largest absolute Gasteiger partial charge is 0.478 e. The maximum Gasteiger partial charge on any atom is 0.328 e. The second-order valence-corrected chi connectivity index (χ2v) is 5.27. The Kier molecular flexibility index (Phi) is 20.0. The van der Waals surface area contributed by atoms with Crippen molar-refractivity contribution in [2.45, 2.75) is 77.6 Å². The number of allylic oxidation sites excluding steroid dienone is 1. The molecular weight excluding hydrogens is 280 g/mol. The van der Waals surface area contributed by atoms with Gasteiger partial charge in [0.1, 0.15) is 0 Å². The first-order valence-electron chi connectivity index (χ1n) is 8.29. The highest BCUT2D eigenvalue weighted by molar-refractivity contribution is 5.89. The minimum absolute atomic E-state index is 0.558. The summed E-state index contributed by atoms with van der Waals surface area (Å²) in [6, 6.07) is 0. The van der Waals surface area contributed by atoms with Crippen molar-refractivity contribution < 1.29 is 19.8 Å². The summed E-state index contributed by atoms with van der Waals surface area (Å²) in [6.07, 6.45) is 18.6. The summed E-state index contributed by atoms with van der Waals surface area (Å²) in [7, 11) is 0. The Morgan fingerprint density at radius 3 is 1.45 bits per heavy atom. The highest BCUT2D eigenvalue weighted by Gasteiger charge is 1.91. The van der Waals surface area contributed by atoms with E-state index in [4.69, 9.17) is 10.2 Å². The summed E-state index contributed by atoms with van der Waals surface area (Å²) < 4.78 is 0. The van der Waals surface area contributed by atoms with Gasteiger partial charge in [-0.25, -0.2) is 9.59 Å². The fourth-order valence-corrected chi connectivity index (χ4v) is 1.92. The first-order chi connectivity index (χ1) is 10.5. The molecule has 0 radical (unpaired) electrons. The molecule has 0 amide bonds. The van der Waals surface area contributed by atoms with Crippen molar-refractivity contribution in [1.29, 1.82) is 0 Å². The molecule has 0 atom stereocenters. The Bertz CT molecular complexity index is 292. The molecule has 0 aromatic rings. The zero-order chi connectivity index (χ0) is 17.1. The first-order valence-corrected chi connectivity index (χ1v) is 8.29. The third-order valence-corrected chi connectivity index (χ3v) is 3.13. The monoisotopic (exact) mass is 312 g/mol. The molecule has 0 heterocycles. The van der Waals surface area contributed by atoms with Crippen molar-refractivity contribution in [3.63, 3.8) is 0 Å². The number of carbonyl (C=O) groups is 2. The molecule has 2 N–H and O–H groups in total. The number of rotatable bonds is 13. The lowest BCUT2D eigenvalue weighted by atomic mass is 10.1. The normalized spacial score (nSPS) is 10.0. The van der Waals surface area contributed by atoms with Crippen LogP contribution in [0.2, 0.25) is 0 Å². The van der Waals surface area contributed by atoms with Gasteiger partial charge in [0.05, 0.1) is 0 Å². The SMILES string of the molecule is C=CCCCCCCCCCCCC.O=C(O)/C=C\C(=O)O. The quantitative estimate of drug-likeness (QED) is 0.278. The highest BCUT2D eigenvalue weighted by Crippen LogP contribution is 2.11. The third-order valence-electron chi connectivity index (χ3n) is 3.13. The second kappa shape index (κ2) is 19.4. The van der Waals surface area contributed by atoms with Gasteiger partial charge in [0, 0.05) is 12.2 Å². The molecule has 0 aliphatic heterocycles. The van der Waals surface area contributed by atoms with Gasteiger partial charge in [-0.1, -0.05) is 70.8 Å². The fourth-order valence-electron chi connectivity index (χ4n) is 1.92. The molecule has 128 valence electrons. The molecule has 0 aliphatic rings. The van der Waals surface area contributed by atoms with Gasteiger partial charge in [-0.2, -0.15) is 0 Å². The van der Waals surface area contributed by atoms with Crippen LogP contribution in [0.1, 0.15) is 77.6 Å². The van der Waals surface area contributed by atoms with Crippen molar-refractivity contribution >= 4 is 11.9 Å². The van der Waals surface area contributed by atoms with E-state index in [1.165, 1.54) is 70.6 Å². The highest BCUT2D eigenvalue weighted by atomic mass is 16.4. The zero-order valence-corrected chi connectivity index (χ0v) is 13.9. The van der Waals surface area contributed by atoms with E-state index in [9.17, 15) is 9.59 Å². The van der Waals surface area contributed by atoms with Gasteiger partial charge in [0.2, 0.25) is 0 Å². The molecule has 0 bridgehead atoms. The van der Waals surface area contributed by atoms with E-state index >= 15 is 0 Å². The maximum absolute atomic E-state index is 9.55. The Hall–Kier alpha value is -1.58. The number of unbranched alkanes of at least 4 members (excludes halogenated alkanes) is 10. The number of hydrogen-bond acceptors (Lipinski definition) is 2. The molecule has 0 aliphatic carbocycles. The third kappa shape index (κ3) is 26.9. The van der Waals surface area contributed by atoms with Crippen LogP contribution in [0.25, 0.3) is 0 Å². The van der Waals surface area contributed by atoms with Gasteiger partial charge in [0.15, 0.2) is 0 Å². The molecular formula is C18H32O4. The molecule has 4 nitrogen and oxygen atoms in total. The standard InChI is InChI=1S/C14H28.C4H4O4/c1-3-5-7-9-11-13-14-12-10-8-6-4-2;5-3(6)1-2-4(7)8/h3H,1,4-14H2,2H3;1-2H,(H,5,6)(H,7,8)/b;2-1-. The minimum atomic E-state index is -1.26. The van der Waals surface area contributed by atoms with Gasteiger partial charge in [-0.15, -0.1) is 6.58 Å². The Labute approximate surface area is 134 Å². The lowest BCUT2D eigenvalue weighted by Crippen LogP contribution is -1.91. The average molecular weight is 312 g/mol. The van der Waals surface area contributed by atoms with Crippen LogP contribution >= 0.6 is 0 Å². The summed E-state index contributed by atoms with van der Waals surface area (Å²) in [6.45, 7) is 6.01. The molecule has 0 saturated carbocycles. The van der Waals surface area contributed by atoms with Crippen molar-refractivity contribution in [3.8, 4) is 0 Å². The van der Waals surface area contributed by atoms with Crippen LogP contribution in [0.5, 0.6) is 0 Å². The van der Waals surface area contributed by atoms with Crippen LogP contribution in [-0.4, -0.2) is 22.2 Å². The van der Waals surface area contributed by atoms with E-state index in [-0.39, 0.29) is 0 Å². The molecule has 0 aromatic heterocycles. The average Bonchev–Trinajstić information content (AvgIpc) is 2.48. The van der Waals surface area contributed by atoms with Crippen LogP contribution < -0.4 is 0 Å².